The standard InChI is InChI=1S/C4H6O2.2H2O/c5-4(6)3-1-2-3;;/h3H,1-2H2,(H,5,6);2*1H2. The molecule has 0 spiro atoms. The van der Waals surface area contributed by atoms with Crippen LogP contribution in [0.15, 0.2) is 0 Å². The molecule has 1 saturated carbocycles. The van der Waals surface area contributed by atoms with Crippen LogP contribution in [0.3, 0.4) is 0 Å². The van der Waals surface area contributed by atoms with E-state index >= 15 is 0 Å². The van der Waals surface area contributed by atoms with Gasteiger partial charge in [0.2, 0.25) is 0 Å². The summed E-state index contributed by atoms with van der Waals surface area (Å²) in [7, 11) is 0. The molecule has 0 amide bonds. The highest BCUT2D eigenvalue weighted by molar-refractivity contribution is 5.72. The average molecular weight is 122 g/mol. The Kier molecular flexibility index (Phi) is 4.41. The molecule has 0 atom stereocenters. The smallest absolute Gasteiger partial charge is 0.306 e. The van der Waals surface area contributed by atoms with E-state index in [0.717, 1.165) is 12.8 Å². The van der Waals surface area contributed by atoms with Gasteiger partial charge in [-0.25, -0.2) is 0 Å². The second kappa shape index (κ2) is 3.40. The van der Waals surface area contributed by atoms with E-state index in [1.165, 1.54) is 0 Å². The molecule has 1 aliphatic rings. The van der Waals surface area contributed by atoms with Gasteiger partial charge in [-0.05, 0) is 12.8 Å². The first-order valence-corrected chi connectivity index (χ1v) is 2.03. The Morgan fingerprint density at radius 2 is 1.75 bits per heavy atom. The van der Waals surface area contributed by atoms with Crippen LogP contribution in [-0.4, -0.2) is 22.0 Å². The highest BCUT2D eigenvalue weighted by Crippen LogP contribution is 2.28. The second-order valence-corrected chi connectivity index (χ2v) is 1.61. The minimum absolute atomic E-state index is 0. The fraction of sp³-hybridized carbons (Fsp3) is 0.750. The quantitative estimate of drug-likeness (QED) is 0.473. The minimum Gasteiger partial charge on any atom is -0.481 e. The molecule has 0 bridgehead atoms. The molecule has 1 fully saturated rings. The lowest BCUT2D eigenvalue weighted by Gasteiger charge is -1.75. The first-order valence-electron chi connectivity index (χ1n) is 2.03. The highest BCUT2D eigenvalue weighted by atomic mass is 16.4. The molecule has 4 nitrogen and oxygen atoms in total. The van der Waals surface area contributed by atoms with Gasteiger partial charge in [-0.2, -0.15) is 0 Å². The van der Waals surface area contributed by atoms with Gasteiger partial charge < -0.3 is 16.1 Å². The Hall–Kier alpha value is -0.610. The first kappa shape index (κ1) is 10.4. The molecule has 1 rings (SSSR count). The molecule has 0 heterocycles. The van der Waals surface area contributed by atoms with Crippen molar-refractivity contribution in [2.24, 2.45) is 5.92 Å². The Balaban J connectivity index is 0. The molecule has 0 saturated heterocycles. The number of hydrogen-bond donors (Lipinski definition) is 1. The van der Waals surface area contributed by atoms with E-state index < -0.39 is 5.97 Å². The van der Waals surface area contributed by atoms with Crippen LogP contribution < -0.4 is 0 Å². The molecular weight excluding hydrogens is 112 g/mol. The third-order valence-corrected chi connectivity index (χ3v) is 0.927. The van der Waals surface area contributed by atoms with E-state index in [1.807, 2.05) is 0 Å². The average Bonchev–Trinajstić information content (AvgIpc) is 2.06. The van der Waals surface area contributed by atoms with Crippen LogP contribution in [-0.2, 0) is 4.79 Å². The van der Waals surface area contributed by atoms with Gasteiger partial charge in [0.1, 0.15) is 0 Å². The number of carboxylic acids is 1. The van der Waals surface area contributed by atoms with Crippen molar-refractivity contribution in [3.63, 3.8) is 0 Å². The van der Waals surface area contributed by atoms with Crippen molar-refractivity contribution in [1.82, 2.24) is 0 Å². The van der Waals surface area contributed by atoms with Crippen LogP contribution in [0.5, 0.6) is 0 Å². The van der Waals surface area contributed by atoms with Crippen molar-refractivity contribution in [3.05, 3.63) is 0 Å². The molecule has 0 radical (unpaired) electrons. The molecule has 0 aromatic rings. The molecule has 50 valence electrons. The van der Waals surface area contributed by atoms with E-state index in [2.05, 4.69) is 0 Å². The lowest BCUT2D eigenvalue weighted by molar-refractivity contribution is -0.138. The minimum atomic E-state index is -0.630. The van der Waals surface area contributed by atoms with E-state index in [4.69, 9.17) is 5.11 Å². The van der Waals surface area contributed by atoms with Crippen molar-refractivity contribution in [2.45, 2.75) is 12.8 Å². The second-order valence-electron chi connectivity index (χ2n) is 1.61. The zero-order valence-electron chi connectivity index (χ0n) is 4.35. The maximum Gasteiger partial charge on any atom is 0.306 e. The monoisotopic (exact) mass is 122 g/mol. The zero-order valence-corrected chi connectivity index (χ0v) is 4.35. The Morgan fingerprint density at radius 3 is 1.75 bits per heavy atom. The third-order valence-electron chi connectivity index (χ3n) is 0.927. The molecule has 4 heteroatoms. The number of rotatable bonds is 1. The SMILES string of the molecule is O.O.O=C(O)C1CC1. The molecule has 0 aliphatic heterocycles. The molecule has 0 unspecified atom stereocenters. The van der Waals surface area contributed by atoms with Crippen molar-refractivity contribution in [2.75, 3.05) is 0 Å². The van der Waals surface area contributed by atoms with Crippen molar-refractivity contribution >= 4 is 5.97 Å². The van der Waals surface area contributed by atoms with Crippen LogP contribution in [0.1, 0.15) is 12.8 Å². The van der Waals surface area contributed by atoms with Crippen molar-refractivity contribution in [3.8, 4) is 0 Å². The summed E-state index contributed by atoms with van der Waals surface area (Å²) in [5, 5.41) is 8.05. The number of carboxylic acid groups (broad SMARTS) is 1. The molecule has 8 heavy (non-hydrogen) atoms. The van der Waals surface area contributed by atoms with Crippen LogP contribution in [0.4, 0.5) is 0 Å². The molecule has 1 aliphatic carbocycles. The topological polar surface area (TPSA) is 100 Å². The Bertz CT molecular complexity index is 76.1. The maximum absolute atomic E-state index is 9.76. The van der Waals surface area contributed by atoms with Gasteiger partial charge in [-0.1, -0.05) is 0 Å². The summed E-state index contributed by atoms with van der Waals surface area (Å²) in [4.78, 5) is 9.76. The van der Waals surface area contributed by atoms with E-state index in [-0.39, 0.29) is 16.9 Å². The summed E-state index contributed by atoms with van der Waals surface area (Å²) in [5.74, 6) is -0.611. The first-order chi connectivity index (χ1) is 2.80. The van der Waals surface area contributed by atoms with Gasteiger partial charge in [0.15, 0.2) is 0 Å². The summed E-state index contributed by atoms with van der Waals surface area (Å²) >= 11 is 0. The highest BCUT2D eigenvalue weighted by Gasteiger charge is 2.28. The van der Waals surface area contributed by atoms with Gasteiger partial charge >= 0.3 is 5.97 Å². The zero-order chi connectivity index (χ0) is 4.57. The van der Waals surface area contributed by atoms with Gasteiger partial charge in [-0.3, -0.25) is 4.79 Å². The lowest BCUT2D eigenvalue weighted by Crippen LogP contribution is -1.94. The predicted octanol–water partition coefficient (Wildman–Crippen LogP) is -1.17. The Labute approximate surface area is 46.7 Å². The molecular formula is C4H10O4. The van der Waals surface area contributed by atoms with E-state index in [0.29, 0.717) is 0 Å². The summed E-state index contributed by atoms with van der Waals surface area (Å²) in [6.07, 6.45) is 1.80. The third kappa shape index (κ3) is 2.54. The summed E-state index contributed by atoms with van der Waals surface area (Å²) < 4.78 is 0. The normalized spacial score (nSPS) is 15.5. The largest absolute Gasteiger partial charge is 0.481 e. The molecule has 0 aromatic heterocycles. The Morgan fingerprint density at radius 1 is 1.38 bits per heavy atom. The van der Waals surface area contributed by atoms with Crippen molar-refractivity contribution < 1.29 is 20.9 Å². The predicted molar refractivity (Wildman–Crippen MR) is 27.6 cm³/mol. The lowest BCUT2D eigenvalue weighted by atomic mass is 10.5. The van der Waals surface area contributed by atoms with Crippen molar-refractivity contribution in [1.29, 1.82) is 0 Å². The summed E-state index contributed by atoms with van der Waals surface area (Å²) in [6.45, 7) is 0. The van der Waals surface area contributed by atoms with Crippen LogP contribution in [0.25, 0.3) is 0 Å². The number of aliphatic carboxylic acids is 1. The van der Waals surface area contributed by atoms with Gasteiger partial charge in [-0.15, -0.1) is 0 Å². The van der Waals surface area contributed by atoms with E-state index in [1.54, 1.807) is 0 Å². The number of carbonyl (C=O) groups is 1. The van der Waals surface area contributed by atoms with E-state index in [9.17, 15) is 4.79 Å². The molecule has 0 aromatic carbocycles. The summed E-state index contributed by atoms with van der Waals surface area (Å²) in [5.41, 5.74) is 0. The van der Waals surface area contributed by atoms with Crippen LogP contribution in [0.2, 0.25) is 0 Å². The van der Waals surface area contributed by atoms with Gasteiger partial charge in [0.05, 0.1) is 5.92 Å². The number of hydrogen-bond acceptors (Lipinski definition) is 1. The fourth-order valence-electron chi connectivity index (χ4n) is 0.330. The fourth-order valence-corrected chi connectivity index (χ4v) is 0.330. The van der Waals surface area contributed by atoms with Gasteiger partial charge in [0.25, 0.3) is 0 Å². The van der Waals surface area contributed by atoms with Crippen LogP contribution in [0, 0.1) is 5.92 Å². The van der Waals surface area contributed by atoms with Gasteiger partial charge in [0, 0.05) is 0 Å². The maximum atomic E-state index is 9.76. The summed E-state index contributed by atoms with van der Waals surface area (Å²) in [6, 6.07) is 0. The molecule has 5 N–H and O–H groups in total. The van der Waals surface area contributed by atoms with Crippen LogP contribution >= 0.6 is 0 Å².